The molecule has 0 saturated heterocycles. The SMILES string of the molecule is CCOCc1nc2c(N)nc3ccccc3c2n1[C@@H](C)CO[P@@](=O)(N[C@@H](C)C(=O)OC(C)C)Oc1cccc2ccccc12. The van der Waals surface area contributed by atoms with E-state index in [4.69, 9.17) is 29.2 Å². The number of esters is 1. The van der Waals surface area contributed by atoms with Crippen molar-refractivity contribution in [1.29, 1.82) is 0 Å². The van der Waals surface area contributed by atoms with E-state index < -0.39 is 25.8 Å². The lowest BCUT2D eigenvalue weighted by atomic mass is 10.1. The predicted octanol–water partition coefficient (Wildman–Crippen LogP) is 6.55. The zero-order valence-corrected chi connectivity index (χ0v) is 26.4. The topological polar surface area (TPSA) is 140 Å². The number of hydrogen-bond acceptors (Lipinski definition) is 9. The third kappa shape index (κ3) is 6.71. The molecule has 0 amide bonds. The number of carbonyl (C=O) groups excluding carboxylic acids is 1. The molecule has 2 heterocycles. The van der Waals surface area contributed by atoms with Crippen LogP contribution in [0.4, 0.5) is 5.82 Å². The summed E-state index contributed by atoms with van der Waals surface area (Å²) in [5, 5.41) is 5.31. The summed E-state index contributed by atoms with van der Waals surface area (Å²) >= 11 is 0. The first-order valence-electron chi connectivity index (χ1n) is 14.6. The highest BCUT2D eigenvalue weighted by Gasteiger charge is 2.34. The molecule has 11 nitrogen and oxygen atoms in total. The molecule has 44 heavy (non-hydrogen) atoms. The summed E-state index contributed by atoms with van der Waals surface area (Å²) in [4.78, 5) is 22.0. The maximum atomic E-state index is 14.4. The second kappa shape index (κ2) is 13.3. The first-order valence-corrected chi connectivity index (χ1v) is 16.2. The number of nitrogens with one attached hydrogen (secondary N) is 1. The Labute approximate surface area is 256 Å². The number of nitrogens with zero attached hydrogens (tertiary/aromatic N) is 3. The van der Waals surface area contributed by atoms with Gasteiger partial charge in [-0.25, -0.2) is 14.5 Å². The van der Waals surface area contributed by atoms with Crippen molar-refractivity contribution in [3.05, 3.63) is 72.6 Å². The van der Waals surface area contributed by atoms with Crippen LogP contribution < -0.4 is 15.3 Å². The Balaban J connectivity index is 1.51. The summed E-state index contributed by atoms with van der Waals surface area (Å²) in [6.45, 7) is 9.52. The standard InChI is InChI=1S/C32H38N5O6P/c1-6-40-19-28-35-29-30(25-15-9-10-16-26(25)34-31(29)33)37(28)21(4)18-41-44(39,36-22(5)32(38)42-20(2)3)43-27-17-11-13-23-12-7-8-14-24(23)27/h7-17,20-22H,6,18-19H2,1-5H3,(H2,33,34)(H,36,39)/t21-,22-,44-/m0/s1. The zero-order valence-electron chi connectivity index (χ0n) is 25.5. The summed E-state index contributed by atoms with van der Waals surface area (Å²) < 4.78 is 39.7. The zero-order chi connectivity index (χ0) is 31.4. The second-order valence-electron chi connectivity index (χ2n) is 10.8. The molecule has 0 bridgehead atoms. The molecule has 0 radical (unpaired) electrons. The number of benzene rings is 3. The van der Waals surface area contributed by atoms with Crippen LogP contribution in [0.15, 0.2) is 66.7 Å². The van der Waals surface area contributed by atoms with Crippen molar-refractivity contribution in [3.8, 4) is 5.75 Å². The van der Waals surface area contributed by atoms with E-state index in [0.29, 0.717) is 29.5 Å². The van der Waals surface area contributed by atoms with Gasteiger partial charge in [0.25, 0.3) is 0 Å². The van der Waals surface area contributed by atoms with E-state index in [9.17, 15) is 9.36 Å². The van der Waals surface area contributed by atoms with Gasteiger partial charge in [0.2, 0.25) is 0 Å². The van der Waals surface area contributed by atoms with Crippen LogP contribution in [-0.2, 0) is 30.0 Å². The van der Waals surface area contributed by atoms with Crippen molar-refractivity contribution >= 4 is 52.2 Å². The fourth-order valence-corrected chi connectivity index (χ4v) is 6.63. The molecule has 0 aliphatic heterocycles. The quantitative estimate of drug-likeness (QED) is 0.110. The van der Waals surface area contributed by atoms with Crippen molar-refractivity contribution in [2.45, 2.75) is 59.4 Å². The predicted molar refractivity (Wildman–Crippen MR) is 171 cm³/mol. The Morgan fingerprint density at radius 1 is 0.977 bits per heavy atom. The van der Waals surface area contributed by atoms with Gasteiger partial charge in [-0.15, -0.1) is 0 Å². The lowest BCUT2D eigenvalue weighted by Crippen LogP contribution is -2.36. The maximum Gasteiger partial charge on any atom is 0.459 e. The molecular weight excluding hydrogens is 581 g/mol. The van der Waals surface area contributed by atoms with Crippen LogP contribution in [0.25, 0.3) is 32.7 Å². The molecule has 12 heteroatoms. The number of imidazole rings is 1. The smallest absolute Gasteiger partial charge is 0.459 e. The monoisotopic (exact) mass is 619 g/mol. The van der Waals surface area contributed by atoms with E-state index in [1.165, 1.54) is 0 Å². The van der Waals surface area contributed by atoms with Crippen LogP contribution >= 0.6 is 7.75 Å². The van der Waals surface area contributed by atoms with Gasteiger partial charge in [0.05, 0.1) is 29.8 Å². The molecular formula is C32H38N5O6P. The van der Waals surface area contributed by atoms with E-state index in [0.717, 1.165) is 27.2 Å². The van der Waals surface area contributed by atoms with Crippen LogP contribution in [0.1, 0.15) is 46.5 Å². The highest BCUT2D eigenvalue weighted by atomic mass is 31.2. The minimum absolute atomic E-state index is 0.0673. The van der Waals surface area contributed by atoms with Gasteiger partial charge in [-0.1, -0.05) is 54.6 Å². The van der Waals surface area contributed by atoms with Crippen LogP contribution in [0.5, 0.6) is 5.75 Å². The Morgan fingerprint density at radius 3 is 2.43 bits per heavy atom. The van der Waals surface area contributed by atoms with Gasteiger partial charge in [-0.05, 0) is 52.1 Å². The van der Waals surface area contributed by atoms with Crippen molar-refractivity contribution in [1.82, 2.24) is 19.6 Å². The fraction of sp³-hybridized carbons (Fsp3) is 0.344. The van der Waals surface area contributed by atoms with Gasteiger partial charge in [-0.2, -0.15) is 5.09 Å². The van der Waals surface area contributed by atoms with E-state index in [-0.39, 0.29) is 19.3 Å². The van der Waals surface area contributed by atoms with E-state index in [1.54, 1.807) is 26.8 Å². The van der Waals surface area contributed by atoms with E-state index in [2.05, 4.69) is 10.1 Å². The molecule has 0 aliphatic rings. The van der Waals surface area contributed by atoms with Crippen LogP contribution in [0.2, 0.25) is 0 Å². The number of para-hydroxylation sites is 1. The maximum absolute atomic E-state index is 14.4. The summed E-state index contributed by atoms with van der Waals surface area (Å²) in [6.07, 6.45) is -0.346. The number of pyridine rings is 1. The fourth-order valence-electron chi connectivity index (χ4n) is 5.04. The molecule has 5 aromatic rings. The Kier molecular flexibility index (Phi) is 9.51. The van der Waals surface area contributed by atoms with Crippen molar-refractivity contribution in [2.24, 2.45) is 0 Å². The van der Waals surface area contributed by atoms with Crippen LogP contribution in [-0.4, -0.2) is 45.9 Å². The highest BCUT2D eigenvalue weighted by Crippen LogP contribution is 2.47. The van der Waals surface area contributed by atoms with Gasteiger partial charge in [0, 0.05) is 17.4 Å². The van der Waals surface area contributed by atoms with Gasteiger partial charge in [-0.3, -0.25) is 9.32 Å². The number of aromatic nitrogens is 3. The van der Waals surface area contributed by atoms with Crippen molar-refractivity contribution in [3.63, 3.8) is 0 Å². The molecule has 0 aliphatic carbocycles. The molecule has 5 rings (SSSR count). The number of nitrogen functional groups attached to an aromatic ring is 1. The van der Waals surface area contributed by atoms with Gasteiger partial charge >= 0.3 is 13.7 Å². The number of carbonyl (C=O) groups is 1. The van der Waals surface area contributed by atoms with Crippen molar-refractivity contribution in [2.75, 3.05) is 18.9 Å². The third-order valence-electron chi connectivity index (χ3n) is 7.01. The number of rotatable bonds is 13. The number of fused-ring (bicyclic) bond motifs is 4. The van der Waals surface area contributed by atoms with E-state index >= 15 is 0 Å². The molecule has 2 aromatic heterocycles. The molecule has 3 N–H and O–H groups in total. The number of ether oxygens (including phenoxy) is 2. The molecule has 3 atom stereocenters. The first kappa shape index (κ1) is 31.4. The van der Waals surface area contributed by atoms with Crippen LogP contribution in [0.3, 0.4) is 0 Å². The second-order valence-corrected chi connectivity index (χ2v) is 12.5. The number of hydrogen-bond donors (Lipinski definition) is 2. The molecule has 0 unspecified atom stereocenters. The van der Waals surface area contributed by atoms with Crippen molar-refractivity contribution < 1.29 is 27.9 Å². The average molecular weight is 620 g/mol. The lowest BCUT2D eigenvalue weighted by molar-refractivity contribution is -0.149. The molecule has 0 saturated carbocycles. The van der Waals surface area contributed by atoms with Gasteiger partial charge < -0.3 is 24.3 Å². The summed E-state index contributed by atoms with van der Waals surface area (Å²) in [7, 11) is -4.16. The number of nitrogens with two attached hydrogens (primary N) is 1. The van der Waals surface area contributed by atoms with Gasteiger partial charge in [0.15, 0.2) is 5.82 Å². The summed E-state index contributed by atoms with van der Waals surface area (Å²) in [5.74, 6) is 0.695. The molecule has 0 spiro atoms. The molecule has 3 aromatic carbocycles. The minimum atomic E-state index is -4.16. The third-order valence-corrected chi connectivity index (χ3v) is 8.64. The summed E-state index contributed by atoms with van der Waals surface area (Å²) in [6, 6.07) is 19.3. The number of anilines is 1. The Bertz CT molecular complexity index is 1840. The molecule has 0 fully saturated rings. The normalized spacial score (nSPS) is 14.6. The average Bonchev–Trinajstić information content (AvgIpc) is 3.39. The molecule has 232 valence electrons. The first-order chi connectivity index (χ1) is 21.1. The Morgan fingerprint density at radius 2 is 1.68 bits per heavy atom. The summed E-state index contributed by atoms with van der Waals surface area (Å²) in [5.41, 5.74) is 8.38. The van der Waals surface area contributed by atoms with Gasteiger partial charge in [0.1, 0.15) is 29.7 Å². The lowest BCUT2D eigenvalue weighted by Gasteiger charge is -2.26. The Hall–Kier alpha value is -4.02. The van der Waals surface area contributed by atoms with Crippen LogP contribution in [0, 0.1) is 0 Å². The minimum Gasteiger partial charge on any atom is -0.462 e. The van der Waals surface area contributed by atoms with E-state index in [1.807, 2.05) is 79.1 Å². The largest absolute Gasteiger partial charge is 0.462 e. The highest BCUT2D eigenvalue weighted by molar-refractivity contribution is 7.52.